The second kappa shape index (κ2) is 4.52. The predicted octanol–water partition coefficient (Wildman–Crippen LogP) is 2.48. The molecule has 2 bridgehead atoms. The van der Waals surface area contributed by atoms with E-state index in [4.69, 9.17) is 16.3 Å². The largest absolute Gasteiger partial charge is 0.377 e. The third-order valence-corrected chi connectivity index (χ3v) is 3.97. The van der Waals surface area contributed by atoms with Crippen LogP contribution in [0.2, 0.25) is 5.02 Å². The molecule has 1 aromatic rings. The highest BCUT2D eigenvalue weighted by Gasteiger charge is 2.41. The van der Waals surface area contributed by atoms with Crippen molar-refractivity contribution in [3.63, 3.8) is 0 Å². The zero-order chi connectivity index (χ0) is 12.7. The number of benzene rings is 1. The summed E-state index contributed by atoms with van der Waals surface area (Å²) in [7, 11) is 0. The Morgan fingerprint density at radius 2 is 2.00 bits per heavy atom. The van der Waals surface area contributed by atoms with Crippen LogP contribution in [-0.2, 0) is 4.74 Å². The molecular weight excluding hydrogens is 257 g/mol. The van der Waals surface area contributed by atoms with Crippen LogP contribution in [0.1, 0.15) is 23.2 Å². The van der Waals surface area contributed by atoms with Crippen LogP contribution in [0.4, 0.5) is 4.39 Å². The molecule has 3 nitrogen and oxygen atoms in total. The zero-order valence-electron chi connectivity index (χ0n) is 9.73. The molecule has 0 N–H and O–H groups in total. The van der Waals surface area contributed by atoms with Crippen LogP contribution >= 0.6 is 11.6 Å². The van der Waals surface area contributed by atoms with Gasteiger partial charge in [-0.2, -0.15) is 0 Å². The first-order valence-electron chi connectivity index (χ1n) is 6.03. The minimum Gasteiger partial charge on any atom is -0.377 e. The first kappa shape index (κ1) is 11.9. The molecule has 0 aromatic heterocycles. The van der Waals surface area contributed by atoms with Gasteiger partial charge in [-0.05, 0) is 25.0 Å². The molecule has 2 atom stereocenters. The van der Waals surface area contributed by atoms with Crippen LogP contribution < -0.4 is 0 Å². The second-order valence-corrected chi connectivity index (χ2v) is 5.14. The van der Waals surface area contributed by atoms with Crippen LogP contribution in [0.25, 0.3) is 0 Å². The van der Waals surface area contributed by atoms with Crippen molar-refractivity contribution in [2.45, 2.75) is 24.9 Å². The molecule has 2 unspecified atom stereocenters. The fraction of sp³-hybridized carbons (Fsp3) is 0.462. The molecule has 5 heteroatoms. The van der Waals surface area contributed by atoms with E-state index in [2.05, 4.69) is 0 Å². The van der Waals surface area contributed by atoms with Gasteiger partial charge < -0.3 is 9.64 Å². The molecule has 1 amide bonds. The van der Waals surface area contributed by atoms with Crippen molar-refractivity contribution in [1.29, 1.82) is 0 Å². The molecule has 96 valence electrons. The average Bonchev–Trinajstić information content (AvgIpc) is 2.59. The second-order valence-electron chi connectivity index (χ2n) is 4.73. The molecule has 18 heavy (non-hydrogen) atoms. The number of nitrogens with zero attached hydrogens (tertiary/aromatic N) is 1. The van der Waals surface area contributed by atoms with E-state index in [1.165, 1.54) is 12.1 Å². The Hall–Kier alpha value is -1.13. The van der Waals surface area contributed by atoms with Crippen molar-refractivity contribution in [2.75, 3.05) is 13.2 Å². The molecule has 2 heterocycles. The van der Waals surface area contributed by atoms with Crippen molar-refractivity contribution in [1.82, 2.24) is 4.90 Å². The number of hydrogen-bond acceptors (Lipinski definition) is 2. The van der Waals surface area contributed by atoms with E-state index in [1.807, 2.05) is 0 Å². The maximum atomic E-state index is 13.8. The number of carbonyl (C=O) groups excluding carboxylic acids is 1. The van der Waals surface area contributed by atoms with Gasteiger partial charge in [0.1, 0.15) is 5.82 Å². The van der Waals surface area contributed by atoms with Crippen molar-refractivity contribution >= 4 is 17.5 Å². The lowest BCUT2D eigenvalue weighted by atomic mass is 10.1. The van der Waals surface area contributed by atoms with E-state index in [-0.39, 0.29) is 28.6 Å². The lowest BCUT2D eigenvalue weighted by Gasteiger charge is -2.34. The predicted molar refractivity (Wildman–Crippen MR) is 65.2 cm³/mol. The fourth-order valence-electron chi connectivity index (χ4n) is 2.79. The maximum Gasteiger partial charge on any atom is 0.259 e. The summed E-state index contributed by atoms with van der Waals surface area (Å²) in [6.45, 7) is 1.07. The number of ether oxygens (including phenoxy) is 1. The summed E-state index contributed by atoms with van der Waals surface area (Å²) in [5, 5.41) is 0.172. The highest BCUT2D eigenvalue weighted by Crippen LogP contribution is 2.32. The van der Waals surface area contributed by atoms with Gasteiger partial charge >= 0.3 is 0 Å². The van der Waals surface area contributed by atoms with Gasteiger partial charge in [0, 0.05) is 0 Å². The Bertz CT molecular complexity index is 458. The van der Waals surface area contributed by atoms with Crippen LogP contribution in [-0.4, -0.2) is 36.1 Å². The average molecular weight is 270 g/mol. The molecule has 2 aliphatic rings. The van der Waals surface area contributed by atoms with E-state index in [9.17, 15) is 9.18 Å². The molecule has 1 aromatic carbocycles. The van der Waals surface area contributed by atoms with Gasteiger partial charge in [0.25, 0.3) is 5.91 Å². The fourth-order valence-corrected chi connectivity index (χ4v) is 3.04. The first-order valence-corrected chi connectivity index (χ1v) is 6.40. The SMILES string of the molecule is O=C(c1c(F)cccc1Cl)N1C2CCC1COC2. The molecular formula is C13H13ClFNO2. The first-order chi connectivity index (χ1) is 8.68. The normalized spacial score (nSPS) is 26.4. The van der Waals surface area contributed by atoms with Gasteiger partial charge in [0.2, 0.25) is 0 Å². The molecule has 2 aliphatic heterocycles. The summed E-state index contributed by atoms with van der Waals surface area (Å²) in [4.78, 5) is 14.2. The van der Waals surface area contributed by atoms with Gasteiger partial charge in [-0.25, -0.2) is 4.39 Å². The molecule has 0 radical (unpaired) electrons. The minimum atomic E-state index is -0.557. The molecule has 2 saturated heterocycles. The monoisotopic (exact) mass is 269 g/mol. The number of halogens is 2. The van der Waals surface area contributed by atoms with Gasteiger partial charge in [-0.1, -0.05) is 17.7 Å². The van der Waals surface area contributed by atoms with Gasteiger partial charge in [-0.3, -0.25) is 4.79 Å². The Labute approximate surface area is 109 Å². The van der Waals surface area contributed by atoms with Crippen molar-refractivity contribution in [3.05, 3.63) is 34.6 Å². The maximum absolute atomic E-state index is 13.8. The lowest BCUT2D eigenvalue weighted by Crippen LogP contribution is -2.49. The van der Waals surface area contributed by atoms with Gasteiger partial charge in [0.05, 0.1) is 35.9 Å². The van der Waals surface area contributed by atoms with Crippen LogP contribution in [0, 0.1) is 5.82 Å². The van der Waals surface area contributed by atoms with Crippen molar-refractivity contribution in [2.24, 2.45) is 0 Å². The lowest BCUT2D eigenvalue weighted by molar-refractivity contribution is -0.00737. The van der Waals surface area contributed by atoms with Crippen molar-refractivity contribution in [3.8, 4) is 0 Å². The zero-order valence-corrected chi connectivity index (χ0v) is 10.5. The molecule has 0 spiro atoms. The van der Waals surface area contributed by atoms with Crippen molar-refractivity contribution < 1.29 is 13.9 Å². The standard InChI is InChI=1S/C13H13ClFNO2/c14-10-2-1-3-11(15)12(10)13(17)16-8-4-5-9(16)7-18-6-8/h1-3,8-9H,4-7H2. The summed E-state index contributed by atoms with van der Waals surface area (Å²) in [6, 6.07) is 4.43. The summed E-state index contributed by atoms with van der Waals surface area (Å²) in [5.41, 5.74) is -0.0158. The summed E-state index contributed by atoms with van der Waals surface area (Å²) in [5.74, 6) is -0.868. The smallest absolute Gasteiger partial charge is 0.259 e. The van der Waals surface area contributed by atoms with E-state index in [0.29, 0.717) is 13.2 Å². The molecule has 3 rings (SSSR count). The van der Waals surface area contributed by atoms with E-state index >= 15 is 0 Å². The van der Waals surface area contributed by atoms with Crippen LogP contribution in [0.15, 0.2) is 18.2 Å². The number of fused-ring (bicyclic) bond motifs is 2. The topological polar surface area (TPSA) is 29.5 Å². The quantitative estimate of drug-likeness (QED) is 0.784. The summed E-state index contributed by atoms with van der Waals surface area (Å²) < 4.78 is 19.2. The molecule has 2 fully saturated rings. The third kappa shape index (κ3) is 1.80. The summed E-state index contributed by atoms with van der Waals surface area (Å²) in [6.07, 6.45) is 1.84. The van der Waals surface area contributed by atoms with Gasteiger partial charge in [-0.15, -0.1) is 0 Å². The number of amides is 1. The molecule has 0 saturated carbocycles. The van der Waals surface area contributed by atoms with Crippen LogP contribution in [0.3, 0.4) is 0 Å². The Balaban J connectivity index is 1.95. The third-order valence-electron chi connectivity index (χ3n) is 3.65. The minimum absolute atomic E-state index is 0.0158. The number of carbonyl (C=O) groups is 1. The highest BCUT2D eigenvalue weighted by molar-refractivity contribution is 6.33. The Kier molecular flexibility index (Phi) is 2.99. The molecule has 0 aliphatic carbocycles. The number of rotatable bonds is 1. The number of morpholine rings is 1. The summed E-state index contributed by atoms with van der Waals surface area (Å²) >= 11 is 5.94. The highest BCUT2D eigenvalue weighted by atomic mass is 35.5. The van der Waals surface area contributed by atoms with Gasteiger partial charge in [0.15, 0.2) is 0 Å². The number of hydrogen-bond donors (Lipinski definition) is 0. The Morgan fingerprint density at radius 3 is 2.61 bits per heavy atom. The van der Waals surface area contributed by atoms with E-state index in [1.54, 1.807) is 11.0 Å². The van der Waals surface area contributed by atoms with E-state index < -0.39 is 5.82 Å². The van der Waals surface area contributed by atoms with Crippen LogP contribution in [0.5, 0.6) is 0 Å². The van der Waals surface area contributed by atoms with E-state index in [0.717, 1.165) is 12.8 Å². The Morgan fingerprint density at radius 1 is 1.33 bits per heavy atom.